The van der Waals surface area contributed by atoms with Gasteiger partial charge in [0.1, 0.15) is 0 Å². The van der Waals surface area contributed by atoms with Crippen molar-refractivity contribution >= 4 is 10.1 Å². The Hall–Kier alpha value is 1.22. The summed E-state index contributed by atoms with van der Waals surface area (Å²) < 4.78 is 25.9. The summed E-state index contributed by atoms with van der Waals surface area (Å²) in [5.41, 5.74) is 0. The topological polar surface area (TPSA) is 54.4 Å². The van der Waals surface area contributed by atoms with Gasteiger partial charge in [0.05, 0.1) is 6.26 Å². The van der Waals surface area contributed by atoms with Crippen LogP contribution < -0.4 is 0 Å². The molecule has 0 rings (SSSR count). The monoisotopic (exact) mass is 255 g/mol. The molecule has 0 aromatic heterocycles. The molecular weight excluding hydrogens is 251 g/mol. The number of rotatable bonds is 0. The molecule has 0 aromatic carbocycles. The summed E-state index contributed by atoms with van der Waals surface area (Å²) in [6, 6.07) is 0. The van der Waals surface area contributed by atoms with Crippen molar-refractivity contribution in [1.82, 2.24) is 0 Å². The van der Waals surface area contributed by atoms with Gasteiger partial charge in [-0.05, 0) is 0 Å². The first-order valence-corrected chi connectivity index (χ1v) is 2.77. The van der Waals surface area contributed by atoms with Crippen molar-refractivity contribution in [3.8, 4) is 0 Å². The Labute approximate surface area is 75.0 Å². The second kappa shape index (κ2) is 5.36. The zero-order valence-corrected chi connectivity index (χ0v) is 7.51. The third kappa shape index (κ3) is 133. The maximum absolute atomic E-state index is 9.19. The van der Waals surface area contributed by atoms with Crippen LogP contribution in [0.4, 0.5) is 4.70 Å². The molecule has 0 unspecified atom stereocenters. The van der Waals surface area contributed by atoms with Gasteiger partial charge in [-0.1, -0.05) is 0 Å². The maximum Gasteiger partial charge on any atom is 0.261 e. The van der Waals surface area contributed by atoms with Gasteiger partial charge in [-0.2, -0.15) is 8.42 Å². The quantitative estimate of drug-likeness (QED) is 0.616. The van der Waals surface area contributed by atoms with Crippen molar-refractivity contribution in [3.05, 3.63) is 0 Å². The smallest absolute Gasteiger partial charge is 0.261 e. The minimum absolute atomic E-state index is 0. The number of halogens is 1. The van der Waals surface area contributed by atoms with Crippen LogP contribution in [0.5, 0.6) is 0 Å². The minimum atomic E-state index is -3.67. The predicted molar refractivity (Wildman–Crippen MR) is 18.6 cm³/mol. The van der Waals surface area contributed by atoms with Crippen LogP contribution in [0.3, 0.4) is 0 Å². The first-order valence-electron chi connectivity index (χ1n) is 0.924. The Morgan fingerprint density at radius 3 is 1.43 bits per heavy atom. The number of hydrogen-bond donors (Lipinski definition) is 1. The van der Waals surface area contributed by atoms with Crippen molar-refractivity contribution in [1.29, 1.82) is 0 Å². The molecule has 6 heteroatoms. The molecule has 0 atom stereocenters. The summed E-state index contributed by atoms with van der Waals surface area (Å²) >= 11 is 0. The molecule has 1 radical (unpaired) electrons. The maximum atomic E-state index is 9.19. The Bertz CT molecular complexity index is 98.1. The van der Waals surface area contributed by atoms with Gasteiger partial charge in [-0.25, -0.2) is 0 Å². The van der Waals surface area contributed by atoms with Crippen LogP contribution in [0.2, 0.25) is 0 Å². The fourth-order valence-electron chi connectivity index (χ4n) is 0. The van der Waals surface area contributed by atoms with E-state index in [-0.39, 0.29) is 46.5 Å². The fourth-order valence-corrected chi connectivity index (χ4v) is 0. The third-order valence-electron chi connectivity index (χ3n) is 0. The molecule has 0 aromatic rings. The summed E-state index contributed by atoms with van der Waals surface area (Å²) in [7, 11) is -3.67. The van der Waals surface area contributed by atoms with E-state index in [0.29, 0.717) is 6.26 Å². The summed E-state index contributed by atoms with van der Waals surface area (Å²) in [6.07, 6.45) is 0.715. The first-order chi connectivity index (χ1) is 2.00. The van der Waals surface area contributed by atoms with Crippen LogP contribution in [-0.4, -0.2) is 19.2 Å². The van der Waals surface area contributed by atoms with Crippen LogP contribution in [0, 0.1) is 41.7 Å². The third-order valence-corrected chi connectivity index (χ3v) is 0. The summed E-state index contributed by atoms with van der Waals surface area (Å²) in [5, 5.41) is 0. The van der Waals surface area contributed by atoms with E-state index in [4.69, 9.17) is 4.55 Å². The molecule has 0 spiro atoms. The summed E-state index contributed by atoms with van der Waals surface area (Å²) in [6.45, 7) is 0. The average Bonchev–Trinajstić information content (AvgIpc) is 0.722. The van der Waals surface area contributed by atoms with Crippen molar-refractivity contribution < 1.29 is 59.4 Å². The van der Waals surface area contributed by atoms with Crippen molar-refractivity contribution in [2.75, 3.05) is 6.26 Å². The van der Waals surface area contributed by atoms with Gasteiger partial charge in [0.15, 0.2) is 0 Å². The van der Waals surface area contributed by atoms with Gasteiger partial charge in [0.25, 0.3) is 10.1 Å². The Morgan fingerprint density at radius 1 is 1.43 bits per heavy atom. The van der Waals surface area contributed by atoms with Gasteiger partial charge >= 0.3 is 0 Å². The Balaban J connectivity index is -0.0000000800. The fraction of sp³-hybridized carbons (Fsp3) is 1.00. The van der Waals surface area contributed by atoms with E-state index in [9.17, 15) is 8.42 Å². The molecule has 0 saturated heterocycles. The van der Waals surface area contributed by atoms with Gasteiger partial charge in [-0.15, -0.1) is 0 Å². The molecule has 7 heavy (non-hydrogen) atoms. The molecule has 0 heterocycles. The molecule has 0 bridgehead atoms. The Kier molecular flexibility index (Phi) is 12.0. The van der Waals surface area contributed by atoms with E-state index in [2.05, 4.69) is 0 Å². The summed E-state index contributed by atoms with van der Waals surface area (Å²) in [5.74, 6) is 0. The van der Waals surface area contributed by atoms with E-state index < -0.39 is 10.1 Å². The molecule has 0 aliphatic carbocycles. The largest absolute Gasteiger partial charge is 0.286 e. The van der Waals surface area contributed by atoms with Gasteiger partial charge < -0.3 is 0 Å². The van der Waals surface area contributed by atoms with E-state index in [1.54, 1.807) is 0 Å². The predicted octanol–water partition coefficient (Wildman–Crippen LogP) is -0.0758. The van der Waals surface area contributed by atoms with Crippen LogP contribution >= 0.6 is 0 Å². The molecule has 43 valence electrons. The molecule has 3 nitrogen and oxygen atoms in total. The molecule has 0 fully saturated rings. The molecule has 0 amide bonds. The SMILES string of the molecule is CS(=O)(=O)O.[Ce].[F]. The minimum Gasteiger partial charge on any atom is -0.286 e. The normalized spacial score (nSPS) is 8.29. The van der Waals surface area contributed by atoms with Gasteiger partial charge in [0.2, 0.25) is 0 Å². The van der Waals surface area contributed by atoms with Crippen molar-refractivity contribution in [2.24, 2.45) is 0 Å². The van der Waals surface area contributed by atoms with E-state index in [1.165, 1.54) is 0 Å². The number of hydrogen-bond acceptors (Lipinski definition) is 2. The van der Waals surface area contributed by atoms with Gasteiger partial charge in [-0.3, -0.25) is 4.55 Å². The zero-order chi connectivity index (χ0) is 4.50. The molecule has 0 saturated carbocycles. The van der Waals surface area contributed by atoms with Crippen LogP contribution in [-0.2, 0) is 10.1 Å². The molecule has 0 aliphatic rings. The second-order valence-corrected chi connectivity index (χ2v) is 2.20. The van der Waals surface area contributed by atoms with Crippen LogP contribution in [0.1, 0.15) is 0 Å². The van der Waals surface area contributed by atoms with Crippen LogP contribution in [0.25, 0.3) is 0 Å². The average molecular weight is 255 g/mol. The van der Waals surface area contributed by atoms with E-state index >= 15 is 0 Å². The van der Waals surface area contributed by atoms with Gasteiger partial charge in [0, 0.05) is 46.5 Å². The molecular formula is CH4CeFO3S. The molecule has 1 N–H and O–H groups in total. The Morgan fingerprint density at radius 2 is 1.43 bits per heavy atom. The first kappa shape index (κ1) is 15.7. The van der Waals surface area contributed by atoms with E-state index in [0.717, 1.165) is 0 Å². The summed E-state index contributed by atoms with van der Waals surface area (Å²) in [4.78, 5) is 0. The standard InChI is InChI=1S/CH4O3S.Ce.F/c1-5(2,3)4;;/h1H3,(H,2,3,4);;. The van der Waals surface area contributed by atoms with Crippen LogP contribution in [0.15, 0.2) is 0 Å². The molecule has 0 aliphatic heterocycles. The van der Waals surface area contributed by atoms with Crippen molar-refractivity contribution in [2.45, 2.75) is 0 Å². The van der Waals surface area contributed by atoms with Crippen molar-refractivity contribution in [3.63, 3.8) is 0 Å². The zero-order valence-electron chi connectivity index (χ0n) is 3.55. The second-order valence-electron chi connectivity index (χ2n) is 0.733. The van der Waals surface area contributed by atoms with E-state index in [1.807, 2.05) is 0 Å².